The van der Waals surface area contributed by atoms with Gasteiger partial charge in [0.2, 0.25) is 0 Å². The molecule has 1 rings (SSSR count). The van der Waals surface area contributed by atoms with E-state index in [-0.39, 0.29) is 0 Å². The summed E-state index contributed by atoms with van der Waals surface area (Å²) >= 11 is 0. The number of ether oxygens (including phenoxy) is 1. The van der Waals surface area contributed by atoms with E-state index in [2.05, 4.69) is 31.2 Å². The third-order valence-electron chi connectivity index (χ3n) is 2.58. The highest BCUT2D eigenvalue weighted by atomic mass is 16.5. The molecule has 0 aromatic carbocycles. The standard InChI is InChI=1S/C10H22N2O/c1-9-8-11-5-4-10(9)13-7-6-12(2)3/h9-11H,4-8H2,1-3H3. The summed E-state index contributed by atoms with van der Waals surface area (Å²) < 4.78 is 5.82. The van der Waals surface area contributed by atoms with Crippen LogP contribution in [0.2, 0.25) is 0 Å². The summed E-state index contributed by atoms with van der Waals surface area (Å²) in [5, 5.41) is 3.37. The molecule has 1 aliphatic heterocycles. The molecule has 0 aromatic rings. The maximum atomic E-state index is 5.82. The van der Waals surface area contributed by atoms with E-state index in [1.54, 1.807) is 0 Å². The molecule has 1 fully saturated rings. The van der Waals surface area contributed by atoms with Crippen molar-refractivity contribution in [1.82, 2.24) is 10.2 Å². The lowest BCUT2D eigenvalue weighted by atomic mass is 9.98. The smallest absolute Gasteiger partial charge is 0.0625 e. The topological polar surface area (TPSA) is 24.5 Å². The van der Waals surface area contributed by atoms with Gasteiger partial charge in [0, 0.05) is 13.1 Å². The fourth-order valence-electron chi connectivity index (χ4n) is 1.62. The normalized spacial score (nSPS) is 29.5. The van der Waals surface area contributed by atoms with Crippen molar-refractivity contribution in [1.29, 1.82) is 0 Å². The molecule has 1 aliphatic rings. The molecule has 1 N–H and O–H groups in total. The largest absolute Gasteiger partial charge is 0.377 e. The Morgan fingerprint density at radius 2 is 2.23 bits per heavy atom. The minimum absolute atomic E-state index is 0.473. The van der Waals surface area contributed by atoms with Crippen molar-refractivity contribution < 1.29 is 4.74 Å². The van der Waals surface area contributed by atoms with Gasteiger partial charge in [-0.05, 0) is 33.0 Å². The number of nitrogens with one attached hydrogen (secondary N) is 1. The Morgan fingerprint density at radius 1 is 1.46 bits per heavy atom. The molecule has 2 atom stereocenters. The van der Waals surface area contributed by atoms with Crippen LogP contribution < -0.4 is 5.32 Å². The van der Waals surface area contributed by atoms with Crippen LogP contribution >= 0.6 is 0 Å². The monoisotopic (exact) mass is 186 g/mol. The predicted octanol–water partition coefficient (Wildman–Crippen LogP) is 0.563. The highest BCUT2D eigenvalue weighted by molar-refractivity contribution is 4.75. The summed E-state index contributed by atoms with van der Waals surface area (Å²) in [6, 6.07) is 0. The van der Waals surface area contributed by atoms with Crippen molar-refractivity contribution in [2.75, 3.05) is 40.3 Å². The molecule has 1 heterocycles. The zero-order valence-corrected chi connectivity index (χ0v) is 9.05. The minimum atomic E-state index is 0.473. The first-order valence-electron chi connectivity index (χ1n) is 5.17. The summed E-state index contributed by atoms with van der Waals surface area (Å²) in [5.74, 6) is 0.663. The summed E-state index contributed by atoms with van der Waals surface area (Å²) in [6.45, 7) is 6.36. The molecule has 0 aliphatic carbocycles. The average molecular weight is 186 g/mol. The van der Waals surface area contributed by atoms with Crippen molar-refractivity contribution in [3.63, 3.8) is 0 Å². The molecule has 13 heavy (non-hydrogen) atoms. The Morgan fingerprint density at radius 3 is 2.85 bits per heavy atom. The van der Waals surface area contributed by atoms with Crippen LogP contribution in [0.1, 0.15) is 13.3 Å². The molecule has 0 amide bonds. The van der Waals surface area contributed by atoms with Crippen LogP contribution in [-0.2, 0) is 4.74 Å². The van der Waals surface area contributed by atoms with Crippen LogP contribution in [0.4, 0.5) is 0 Å². The van der Waals surface area contributed by atoms with Gasteiger partial charge in [0.1, 0.15) is 0 Å². The Balaban J connectivity index is 2.11. The van der Waals surface area contributed by atoms with E-state index in [1.165, 1.54) is 0 Å². The van der Waals surface area contributed by atoms with Gasteiger partial charge < -0.3 is 15.0 Å². The zero-order chi connectivity index (χ0) is 9.68. The first-order chi connectivity index (χ1) is 6.20. The van der Waals surface area contributed by atoms with E-state index in [0.29, 0.717) is 12.0 Å². The summed E-state index contributed by atoms with van der Waals surface area (Å²) in [5.41, 5.74) is 0. The van der Waals surface area contributed by atoms with Gasteiger partial charge in [0.15, 0.2) is 0 Å². The van der Waals surface area contributed by atoms with Crippen LogP contribution in [-0.4, -0.2) is 51.3 Å². The van der Waals surface area contributed by atoms with Crippen molar-refractivity contribution in [3.8, 4) is 0 Å². The highest BCUT2D eigenvalue weighted by Crippen LogP contribution is 2.13. The van der Waals surface area contributed by atoms with E-state index in [1.807, 2.05) is 0 Å². The maximum Gasteiger partial charge on any atom is 0.0625 e. The summed E-state index contributed by atoms with van der Waals surface area (Å²) in [7, 11) is 4.16. The van der Waals surface area contributed by atoms with Crippen LogP contribution in [0.3, 0.4) is 0 Å². The third kappa shape index (κ3) is 4.07. The molecule has 78 valence electrons. The third-order valence-corrected chi connectivity index (χ3v) is 2.58. The second-order valence-corrected chi connectivity index (χ2v) is 4.18. The second-order valence-electron chi connectivity index (χ2n) is 4.18. The predicted molar refractivity (Wildman–Crippen MR) is 54.9 cm³/mol. The molecular formula is C10H22N2O. The SMILES string of the molecule is CC1CNCCC1OCCN(C)C. The van der Waals surface area contributed by atoms with Crippen molar-refractivity contribution in [2.45, 2.75) is 19.4 Å². The molecule has 0 saturated carbocycles. The Bertz CT molecular complexity index is 139. The van der Waals surface area contributed by atoms with Gasteiger partial charge in [-0.15, -0.1) is 0 Å². The van der Waals surface area contributed by atoms with Crippen LogP contribution in [0.25, 0.3) is 0 Å². The van der Waals surface area contributed by atoms with Gasteiger partial charge in [-0.2, -0.15) is 0 Å². The number of nitrogens with zero attached hydrogens (tertiary/aromatic N) is 1. The van der Waals surface area contributed by atoms with Gasteiger partial charge in [0.25, 0.3) is 0 Å². The Hall–Kier alpha value is -0.120. The fraction of sp³-hybridized carbons (Fsp3) is 1.00. The van der Waals surface area contributed by atoms with Crippen LogP contribution in [0.5, 0.6) is 0 Å². The average Bonchev–Trinajstić information content (AvgIpc) is 2.08. The lowest BCUT2D eigenvalue weighted by Crippen LogP contribution is -2.40. The van der Waals surface area contributed by atoms with Crippen LogP contribution in [0, 0.1) is 5.92 Å². The lowest BCUT2D eigenvalue weighted by molar-refractivity contribution is -0.00444. The van der Waals surface area contributed by atoms with E-state index < -0.39 is 0 Å². The Kier molecular flexibility index (Phi) is 4.70. The van der Waals surface area contributed by atoms with E-state index in [0.717, 1.165) is 32.7 Å². The van der Waals surface area contributed by atoms with Gasteiger partial charge >= 0.3 is 0 Å². The molecule has 0 aromatic heterocycles. The molecule has 0 radical (unpaired) electrons. The molecule has 0 bridgehead atoms. The van der Waals surface area contributed by atoms with Crippen molar-refractivity contribution in [2.24, 2.45) is 5.92 Å². The number of likely N-dealkylation sites (N-methyl/N-ethyl adjacent to an activating group) is 1. The van der Waals surface area contributed by atoms with E-state index in [4.69, 9.17) is 4.74 Å². The van der Waals surface area contributed by atoms with Gasteiger partial charge in [-0.25, -0.2) is 0 Å². The molecular weight excluding hydrogens is 164 g/mol. The van der Waals surface area contributed by atoms with E-state index in [9.17, 15) is 0 Å². The zero-order valence-electron chi connectivity index (χ0n) is 9.05. The fourth-order valence-corrected chi connectivity index (χ4v) is 1.62. The first-order valence-corrected chi connectivity index (χ1v) is 5.17. The van der Waals surface area contributed by atoms with Crippen molar-refractivity contribution in [3.05, 3.63) is 0 Å². The summed E-state index contributed by atoms with van der Waals surface area (Å²) in [4.78, 5) is 2.16. The van der Waals surface area contributed by atoms with Gasteiger partial charge in [-0.1, -0.05) is 6.92 Å². The molecule has 3 heteroatoms. The first kappa shape index (κ1) is 11.0. The quantitative estimate of drug-likeness (QED) is 0.694. The van der Waals surface area contributed by atoms with E-state index >= 15 is 0 Å². The van der Waals surface area contributed by atoms with Gasteiger partial charge in [0.05, 0.1) is 12.7 Å². The number of piperidine rings is 1. The summed E-state index contributed by atoms with van der Waals surface area (Å²) in [6.07, 6.45) is 1.63. The number of rotatable bonds is 4. The Labute approximate surface area is 81.4 Å². The maximum absolute atomic E-state index is 5.82. The van der Waals surface area contributed by atoms with Crippen molar-refractivity contribution >= 4 is 0 Å². The van der Waals surface area contributed by atoms with Gasteiger partial charge in [-0.3, -0.25) is 0 Å². The van der Waals surface area contributed by atoms with Crippen LogP contribution in [0.15, 0.2) is 0 Å². The molecule has 1 saturated heterocycles. The molecule has 3 nitrogen and oxygen atoms in total. The molecule has 0 spiro atoms. The number of hydrogen-bond donors (Lipinski definition) is 1. The second kappa shape index (κ2) is 5.58. The highest BCUT2D eigenvalue weighted by Gasteiger charge is 2.20. The molecule has 2 unspecified atom stereocenters. The minimum Gasteiger partial charge on any atom is -0.377 e. The number of hydrogen-bond acceptors (Lipinski definition) is 3. The lowest BCUT2D eigenvalue weighted by Gasteiger charge is -2.29.